The van der Waals surface area contributed by atoms with Gasteiger partial charge in [-0.1, -0.05) is 18.2 Å². The molecular weight excluding hydrogens is 340 g/mol. The zero-order chi connectivity index (χ0) is 19.4. The van der Waals surface area contributed by atoms with E-state index in [-0.39, 0.29) is 18.6 Å². The Balaban J connectivity index is 1.97. The fourth-order valence-electron chi connectivity index (χ4n) is 3.28. The summed E-state index contributed by atoms with van der Waals surface area (Å²) < 4.78 is 5.41. The number of nitrogens with zero attached hydrogens (tertiary/aromatic N) is 2. The van der Waals surface area contributed by atoms with E-state index in [0.717, 1.165) is 27.8 Å². The van der Waals surface area contributed by atoms with Crippen LogP contribution in [0.3, 0.4) is 0 Å². The number of amides is 1. The number of pyridine rings is 1. The van der Waals surface area contributed by atoms with Gasteiger partial charge in [-0.3, -0.25) is 9.78 Å². The lowest BCUT2D eigenvalue weighted by Gasteiger charge is -2.26. The number of carbonyl (C=O) groups is 1. The summed E-state index contributed by atoms with van der Waals surface area (Å²) in [6, 6.07) is 15.2. The van der Waals surface area contributed by atoms with Gasteiger partial charge in [0.15, 0.2) is 0 Å². The molecular formula is C22H24N2O3. The lowest BCUT2D eigenvalue weighted by Crippen LogP contribution is -2.40. The highest BCUT2D eigenvalue weighted by Crippen LogP contribution is 2.33. The van der Waals surface area contributed by atoms with Crippen molar-refractivity contribution >= 4 is 16.8 Å². The fourth-order valence-corrected chi connectivity index (χ4v) is 3.28. The largest absolute Gasteiger partial charge is 0.494 e. The summed E-state index contributed by atoms with van der Waals surface area (Å²) >= 11 is 0. The Morgan fingerprint density at radius 2 is 1.93 bits per heavy atom. The van der Waals surface area contributed by atoms with Crippen molar-refractivity contribution < 1.29 is 14.6 Å². The molecule has 0 aliphatic heterocycles. The number of likely N-dealkylation sites (N-methyl/N-ethyl adjacent to an activating group) is 1. The van der Waals surface area contributed by atoms with Gasteiger partial charge in [-0.2, -0.15) is 0 Å². The molecule has 1 N–H and O–H groups in total. The summed E-state index contributed by atoms with van der Waals surface area (Å²) in [5, 5.41) is 10.4. The fraction of sp³-hybridized carbons (Fsp3) is 0.273. The van der Waals surface area contributed by atoms with Crippen molar-refractivity contribution in [2.75, 3.05) is 20.3 Å². The Labute approximate surface area is 159 Å². The summed E-state index contributed by atoms with van der Waals surface area (Å²) in [6.07, 6.45) is 1.75. The molecule has 5 nitrogen and oxygen atoms in total. The van der Waals surface area contributed by atoms with Crippen LogP contribution in [-0.2, 0) is 0 Å². The normalized spacial score (nSPS) is 12.0. The van der Waals surface area contributed by atoms with Gasteiger partial charge in [0.1, 0.15) is 11.3 Å². The van der Waals surface area contributed by atoms with E-state index in [1.165, 1.54) is 0 Å². The first-order valence-corrected chi connectivity index (χ1v) is 9.04. The Morgan fingerprint density at radius 3 is 2.56 bits per heavy atom. The van der Waals surface area contributed by atoms with Gasteiger partial charge in [-0.15, -0.1) is 0 Å². The van der Waals surface area contributed by atoms with E-state index in [9.17, 15) is 9.90 Å². The number of hydrogen-bond acceptors (Lipinski definition) is 4. The van der Waals surface area contributed by atoms with Crippen molar-refractivity contribution in [1.82, 2.24) is 9.88 Å². The average molecular weight is 364 g/mol. The maximum Gasteiger partial charge on any atom is 0.254 e. The number of hydrogen-bond donors (Lipinski definition) is 1. The minimum atomic E-state index is -0.209. The number of aromatic nitrogens is 1. The Hall–Kier alpha value is -2.92. The summed E-state index contributed by atoms with van der Waals surface area (Å²) in [6.45, 7) is 4.25. The minimum Gasteiger partial charge on any atom is -0.494 e. The molecule has 0 unspecified atom stereocenters. The maximum atomic E-state index is 12.7. The molecule has 0 saturated carbocycles. The van der Waals surface area contributed by atoms with Crippen LogP contribution >= 0.6 is 0 Å². The highest BCUT2D eigenvalue weighted by Gasteiger charge is 2.19. The number of aliphatic hydroxyl groups is 1. The molecule has 1 heterocycles. The van der Waals surface area contributed by atoms with Crippen LogP contribution in [0.15, 0.2) is 54.7 Å². The predicted octanol–water partition coefficient (Wildman–Crippen LogP) is 3.75. The summed E-state index contributed by atoms with van der Waals surface area (Å²) in [7, 11) is 1.64. The third kappa shape index (κ3) is 3.64. The van der Waals surface area contributed by atoms with Crippen LogP contribution in [0.5, 0.6) is 5.75 Å². The van der Waals surface area contributed by atoms with Crippen LogP contribution in [0.25, 0.3) is 22.0 Å². The second-order valence-electron chi connectivity index (χ2n) is 6.42. The van der Waals surface area contributed by atoms with Crippen LogP contribution in [0.4, 0.5) is 0 Å². The lowest BCUT2D eigenvalue weighted by atomic mass is 9.99. The number of carbonyl (C=O) groups excluding carboxylic acids is 1. The zero-order valence-electron chi connectivity index (χ0n) is 15.8. The van der Waals surface area contributed by atoms with Crippen LogP contribution in [0.1, 0.15) is 24.2 Å². The molecule has 0 saturated heterocycles. The topological polar surface area (TPSA) is 62.7 Å². The van der Waals surface area contributed by atoms with E-state index in [0.29, 0.717) is 12.1 Å². The Kier molecular flexibility index (Phi) is 5.72. The smallest absolute Gasteiger partial charge is 0.254 e. The monoisotopic (exact) mass is 364 g/mol. The number of fused-ring (bicyclic) bond motifs is 1. The number of benzene rings is 2. The van der Waals surface area contributed by atoms with Crippen molar-refractivity contribution in [1.29, 1.82) is 0 Å². The predicted molar refractivity (Wildman–Crippen MR) is 107 cm³/mol. The quantitative estimate of drug-likeness (QED) is 0.723. The van der Waals surface area contributed by atoms with E-state index < -0.39 is 0 Å². The molecule has 0 spiro atoms. The van der Waals surface area contributed by atoms with Crippen LogP contribution < -0.4 is 4.74 Å². The number of aliphatic hydroxyl groups excluding tert-OH is 1. The molecule has 1 aromatic heterocycles. The molecule has 5 heteroatoms. The molecule has 27 heavy (non-hydrogen) atoms. The number of ether oxygens (including phenoxy) is 1. The maximum absolute atomic E-state index is 12.7. The molecule has 140 valence electrons. The van der Waals surface area contributed by atoms with Crippen molar-refractivity contribution in [2.45, 2.75) is 19.9 Å². The van der Waals surface area contributed by atoms with Gasteiger partial charge in [0, 0.05) is 23.7 Å². The first-order valence-electron chi connectivity index (χ1n) is 9.04. The molecule has 0 radical (unpaired) electrons. The second-order valence-corrected chi connectivity index (χ2v) is 6.42. The molecule has 2 aromatic carbocycles. The molecule has 0 aliphatic rings. The van der Waals surface area contributed by atoms with Gasteiger partial charge >= 0.3 is 0 Å². The Bertz CT molecular complexity index is 938. The van der Waals surface area contributed by atoms with Gasteiger partial charge in [0.25, 0.3) is 5.91 Å². The SMILES string of the molecule is CCN(C(=O)c1ccc(-c2ccc(OC)c3ncccc23)cc1)[C@H](C)CO. The molecule has 3 rings (SSSR count). The van der Waals surface area contributed by atoms with Gasteiger partial charge in [-0.25, -0.2) is 0 Å². The summed E-state index contributed by atoms with van der Waals surface area (Å²) in [5.41, 5.74) is 3.46. The van der Waals surface area contributed by atoms with E-state index in [1.54, 1.807) is 18.2 Å². The van der Waals surface area contributed by atoms with Crippen LogP contribution in [0, 0.1) is 0 Å². The van der Waals surface area contributed by atoms with Crippen LogP contribution in [-0.4, -0.2) is 47.2 Å². The third-order valence-electron chi connectivity index (χ3n) is 4.79. The number of rotatable bonds is 6. The first-order chi connectivity index (χ1) is 13.1. The van der Waals surface area contributed by atoms with E-state index in [4.69, 9.17) is 4.74 Å². The lowest BCUT2D eigenvalue weighted by molar-refractivity contribution is 0.0632. The second kappa shape index (κ2) is 8.18. The van der Waals surface area contributed by atoms with Gasteiger partial charge in [0.05, 0.1) is 19.8 Å². The van der Waals surface area contributed by atoms with Crippen molar-refractivity contribution in [3.05, 3.63) is 60.3 Å². The van der Waals surface area contributed by atoms with E-state index in [1.807, 2.05) is 62.4 Å². The number of methoxy groups -OCH3 is 1. The summed E-state index contributed by atoms with van der Waals surface area (Å²) in [5.74, 6) is 0.657. The third-order valence-corrected chi connectivity index (χ3v) is 4.79. The van der Waals surface area contributed by atoms with Crippen molar-refractivity contribution in [3.8, 4) is 16.9 Å². The highest BCUT2D eigenvalue weighted by atomic mass is 16.5. The standard InChI is InChI=1S/C22H24N2O3/c1-4-24(15(2)14-25)22(26)17-9-7-16(8-10-17)18-11-12-20(27-3)21-19(18)6-5-13-23-21/h5-13,15,25H,4,14H2,1-3H3/t15-/m1/s1. The van der Waals surface area contributed by atoms with Crippen LogP contribution in [0.2, 0.25) is 0 Å². The molecule has 0 fully saturated rings. The van der Waals surface area contributed by atoms with E-state index in [2.05, 4.69) is 4.98 Å². The van der Waals surface area contributed by atoms with Crippen molar-refractivity contribution in [3.63, 3.8) is 0 Å². The molecule has 3 aromatic rings. The first kappa shape index (κ1) is 18.9. The van der Waals surface area contributed by atoms with Gasteiger partial charge < -0.3 is 14.7 Å². The average Bonchev–Trinajstić information content (AvgIpc) is 2.73. The molecule has 0 aliphatic carbocycles. The molecule has 1 amide bonds. The van der Waals surface area contributed by atoms with Gasteiger partial charge in [-0.05, 0) is 55.3 Å². The van der Waals surface area contributed by atoms with E-state index >= 15 is 0 Å². The highest BCUT2D eigenvalue weighted by molar-refractivity contribution is 5.99. The molecule has 0 bridgehead atoms. The summed E-state index contributed by atoms with van der Waals surface area (Å²) in [4.78, 5) is 18.8. The van der Waals surface area contributed by atoms with Gasteiger partial charge in [0.2, 0.25) is 0 Å². The minimum absolute atomic E-state index is 0.0531. The Morgan fingerprint density at radius 1 is 1.19 bits per heavy atom. The van der Waals surface area contributed by atoms with Crippen molar-refractivity contribution in [2.24, 2.45) is 0 Å². The molecule has 1 atom stereocenters. The zero-order valence-corrected chi connectivity index (χ0v) is 15.8.